The minimum atomic E-state index is -1.19. The molecule has 0 heterocycles. The number of hydrogen-bond donors (Lipinski definition) is 1. The van der Waals surface area contributed by atoms with E-state index in [9.17, 15) is 9.59 Å². The molecule has 2 N–H and O–H groups in total. The molecule has 0 saturated heterocycles. The number of nitrogens with zero attached hydrogens (tertiary/aromatic N) is 1. The van der Waals surface area contributed by atoms with Gasteiger partial charge in [-0.15, -0.1) is 0 Å². The van der Waals surface area contributed by atoms with Gasteiger partial charge in [-0.1, -0.05) is 146 Å². The molecule has 0 fully saturated rings. The SMILES string of the molecule is CCCC(C)(C)/C=C/COC(=O)C(C)(N)CC(C)(C)C(CCC(C)CCCC(C)CCCC(C)CCCC(C)C)OC(=O)CCCN(C)C. The van der Waals surface area contributed by atoms with Crippen LogP contribution in [0, 0.1) is 34.5 Å². The number of allylic oxidation sites excluding steroid dienone is 1. The minimum Gasteiger partial charge on any atom is -0.462 e. The molecule has 0 amide bonds. The topological polar surface area (TPSA) is 81.9 Å². The molecule has 0 aromatic carbocycles. The van der Waals surface area contributed by atoms with E-state index in [4.69, 9.17) is 15.2 Å². The Labute approximate surface area is 305 Å². The van der Waals surface area contributed by atoms with Crippen LogP contribution in [-0.4, -0.2) is 55.7 Å². The molecule has 0 aliphatic carbocycles. The van der Waals surface area contributed by atoms with Crippen molar-refractivity contribution in [1.29, 1.82) is 0 Å². The maximum absolute atomic E-state index is 13.2. The van der Waals surface area contributed by atoms with Crippen LogP contribution in [0.25, 0.3) is 0 Å². The Morgan fingerprint density at radius 3 is 1.76 bits per heavy atom. The van der Waals surface area contributed by atoms with Gasteiger partial charge in [0, 0.05) is 11.8 Å². The number of hydrogen-bond acceptors (Lipinski definition) is 6. The number of nitrogens with two attached hydrogens (primary N) is 1. The molecule has 6 nitrogen and oxygen atoms in total. The number of carbonyl (C=O) groups is 2. The van der Waals surface area contributed by atoms with E-state index >= 15 is 0 Å². The van der Waals surface area contributed by atoms with Crippen molar-refractivity contribution < 1.29 is 19.1 Å². The van der Waals surface area contributed by atoms with E-state index in [0.717, 1.165) is 56.4 Å². The highest BCUT2D eigenvalue weighted by Crippen LogP contribution is 2.37. The van der Waals surface area contributed by atoms with Crippen LogP contribution in [0.1, 0.15) is 179 Å². The van der Waals surface area contributed by atoms with Gasteiger partial charge in [0.2, 0.25) is 0 Å². The molecule has 49 heavy (non-hydrogen) atoms. The third-order valence-electron chi connectivity index (χ3n) is 10.4. The van der Waals surface area contributed by atoms with Crippen LogP contribution in [0.2, 0.25) is 0 Å². The lowest BCUT2D eigenvalue weighted by atomic mass is 9.73. The summed E-state index contributed by atoms with van der Waals surface area (Å²) in [5.41, 5.74) is 5.01. The first-order valence-electron chi connectivity index (χ1n) is 20.2. The van der Waals surface area contributed by atoms with Crippen LogP contribution < -0.4 is 5.73 Å². The first-order chi connectivity index (χ1) is 22.7. The summed E-state index contributed by atoms with van der Waals surface area (Å²) in [7, 11) is 4.03. The van der Waals surface area contributed by atoms with Gasteiger partial charge in [-0.05, 0) is 88.8 Å². The van der Waals surface area contributed by atoms with Gasteiger partial charge >= 0.3 is 11.9 Å². The monoisotopic (exact) mass is 693 g/mol. The molecule has 290 valence electrons. The predicted octanol–water partition coefficient (Wildman–Crippen LogP) is 11.2. The van der Waals surface area contributed by atoms with E-state index < -0.39 is 16.9 Å². The second-order valence-electron chi connectivity index (χ2n) is 18.3. The van der Waals surface area contributed by atoms with Crippen molar-refractivity contribution in [3.8, 4) is 0 Å². The van der Waals surface area contributed by atoms with E-state index in [1.807, 2.05) is 20.2 Å². The summed E-state index contributed by atoms with van der Waals surface area (Å²) < 4.78 is 11.8. The first kappa shape index (κ1) is 47.6. The summed E-state index contributed by atoms with van der Waals surface area (Å²) in [6, 6.07) is 0. The fourth-order valence-electron chi connectivity index (χ4n) is 7.26. The van der Waals surface area contributed by atoms with Crippen molar-refractivity contribution in [2.24, 2.45) is 40.2 Å². The van der Waals surface area contributed by atoms with Gasteiger partial charge in [0.1, 0.15) is 18.2 Å². The van der Waals surface area contributed by atoms with Gasteiger partial charge in [-0.3, -0.25) is 9.59 Å². The fourth-order valence-corrected chi connectivity index (χ4v) is 7.26. The maximum atomic E-state index is 13.2. The van der Waals surface area contributed by atoms with E-state index in [1.54, 1.807) is 6.92 Å². The number of esters is 2. The molecule has 0 saturated carbocycles. The highest BCUT2D eigenvalue weighted by Gasteiger charge is 2.42. The van der Waals surface area contributed by atoms with Gasteiger partial charge < -0.3 is 20.1 Å². The lowest BCUT2D eigenvalue weighted by Crippen LogP contribution is -2.51. The highest BCUT2D eigenvalue weighted by atomic mass is 16.5. The number of rotatable bonds is 29. The largest absolute Gasteiger partial charge is 0.462 e. The molecule has 0 aromatic rings. The van der Waals surface area contributed by atoms with Crippen LogP contribution >= 0.6 is 0 Å². The fraction of sp³-hybridized carbons (Fsp3) is 0.907. The van der Waals surface area contributed by atoms with E-state index in [0.29, 0.717) is 18.8 Å². The zero-order valence-corrected chi connectivity index (χ0v) is 34.9. The Kier molecular flexibility index (Phi) is 24.0. The summed E-state index contributed by atoms with van der Waals surface area (Å²) in [4.78, 5) is 28.2. The Balaban J connectivity index is 5.12. The van der Waals surface area contributed by atoms with Crippen LogP contribution in [0.4, 0.5) is 0 Å². The summed E-state index contributed by atoms with van der Waals surface area (Å²) in [5, 5.41) is 0. The maximum Gasteiger partial charge on any atom is 0.326 e. The van der Waals surface area contributed by atoms with Crippen LogP contribution in [0.15, 0.2) is 12.2 Å². The third kappa shape index (κ3) is 24.4. The molecular weight excluding hydrogens is 608 g/mol. The second-order valence-corrected chi connectivity index (χ2v) is 18.3. The average Bonchev–Trinajstić information content (AvgIpc) is 2.96. The average molecular weight is 693 g/mol. The van der Waals surface area contributed by atoms with Gasteiger partial charge in [-0.25, -0.2) is 0 Å². The molecule has 6 heteroatoms. The van der Waals surface area contributed by atoms with E-state index in [1.165, 1.54) is 57.8 Å². The van der Waals surface area contributed by atoms with E-state index in [2.05, 4.69) is 80.2 Å². The van der Waals surface area contributed by atoms with Crippen molar-refractivity contribution in [2.45, 2.75) is 191 Å². The lowest BCUT2D eigenvalue weighted by Gasteiger charge is -2.39. The molecule has 0 aliphatic rings. The van der Waals surface area contributed by atoms with Gasteiger partial charge in [0.05, 0.1) is 0 Å². The molecule has 0 radical (unpaired) electrons. The summed E-state index contributed by atoms with van der Waals surface area (Å²) >= 11 is 0. The molecule has 0 aliphatic heterocycles. The zero-order chi connectivity index (χ0) is 37.7. The quantitative estimate of drug-likeness (QED) is 0.0621. The minimum absolute atomic E-state index is 0.0689. The molecule has 0 spiro atoms. The second kappa shape index (κ2) is 24.7. The first-order valence-corrected chi connectivity index (χ1v) is 20.2. The Hall–Kier alpha value is -1.40. The molecule has 5 unspecified atom stereocenters. The zero-order valence-electron chi connectivity index (χ0n) is 34.9. The number of carbonyl (C=O) groups excluding carboxylic acids is 2. The Bertz CT molecular complexity index is 908. The Morgan fingerprint density at radius 1 is 0.755 bits per heavy atom. The molecule has 5 atom stereocenters. The highest BCUT2D eigenvalue weighted by molar-refractivity contribution is 5.80. The third-order valence-corrected chi connectivity index (χ3v) is 10.4. The van der Waals surface area contributed by atoms with Crippen molar-refractivity contribution in [3.63, 3.8) is 0 Å². The van der Waals surface area contributed by atoms with Crippen LogP contribution in [0.3, 0.4) is 0 Å². The normalized spacial score (nSPS) is 16.5. The molecule has 0 bridgehead atoms. The van der Waals surface area contributed by atoms with E-state index in [-0.39, 0.29) is 24.1 Å². The standard InChI is InChI=1S/C43H84N2O4/c1-14-29-41(7,8)30-19-32-48-40(47)43(11,44)33-42(9,10)38(49-39(46)26-18-31-45(12)13)28-27-37(6)25-17-24-36(5)23-16-22-35(4)21-15-20-34(2)3/h19,30,34-38H,14-18,20-29,31-33,44H2,1-13H3/b30-19+. The van der Waals surface area contributed by atoms with Gasteiger partial charge in [0.25, 0.3) is 0 Å². The summed E-state index contributed by atoms with van der Waals surface area (Å²) in [6.45, 7) is 25.3. The Morgan fingerprint density at radius 2 is 1.27 bits per heavy atom. The van der Waals surface area contributed by atoms with Crippen molar-refractivity contribution >= 4 is 11.9 Å². The molecule has 0 rings (SSSR count). The van der Waals surface area contributed by atoms with Crippen LogP contribution in [-0.2, 0) is 19.1 Å². The van der Waals surface area contributed by atoms with Gasteiger partial charge in [0.15, 0.2) is 0 Å². The van der Waals surface area contributed by atoms with Crippen molar-refractivity contribution in [2.75, 3.05) is 27.2 Å². The summed E-state index contributed by atoms with van der Waals surface area (Å²) in [5.74, 6) is 2.38. The predicted molar refractivity (Wildman–Crippen MR) is 211 cm³/mol. The number of ether oxygens (including phenoxy) is 2. The smallest absolute Gasteiger partial charge is 0.326 e. The van der Waals surface area contributed by atoms with Crippen molar-refractivity contribution in [3.05, 3.63) is 12.2 Å². The van der Waals surface area contributed by atoms with Gasteiger partial charge in [-0.2, -0.15) is 0 Å². The summed E-state index contributed by atoms with van der Waals surface area (Å²) in [6.07, 6.45) is 21.0. The van der Waals surface area contributed by atoms with Crippen LogP contribution in [0.5, 0.6) is 0 Å². The molecular formula is C43H84N2O4. The molecule has 0 aromatic heterocycles. The van der Waals surface area contributed by atoms with Crippen molar-refractivity contribution in [1.82, 2.24) is 4.90 Å². The lowest BCUT2D eigenvalue weighted by molar-refractivity contribution is -0.159.